The third kappa shape index (κ3) is 3.17. The van der Waals surface area contributed by atoms with Crippen LogP contribution in [0.15, 0.2) is 18.3 Å². The van der Waals surface area contributed by atoms with Crippen LogP contribution in [-0.2, 0) is 6.18 Å². The van der Waals surface area contributed by atoms with E-state index in [0.717, 1.165) is 12.3 Å². The average Bonchev–Trinajstić information content (AvgIpc) is 2.97. The zero-order valence-electron chi connectivity index (χ0n) is 13.6. The molecule has 130 valence electrons. The van der Waals surface area contributed by atoms with Gasteiger partial charge < -0.3 is 5.32 Å². The van der Waals surface area contributed by atoms with Crippen molar-refractivity contribution >= 4 is 22.5 Å². The molecule has 0 saturated heterocycles. The van der Waals surface area contributed by atoms with E-state index >= 15 is 0 Å². The van der Waals surface area contributed by atoms with Gasteiger partial charge in [0.1, 0.15) is 5.69 Å². The first-order chi connectivity index (χ1) is 11.7. The van der Waals surface area contributed by atoms with E-state index < -0.39 is 17.6 Å². The number of alkyl halides is 3. The van der Waals surface area contributed by atoms with Gasteiger partial charge in [0.05, 0.1) is 34.4 Å². The highest BCUT2D eigenvalue weighted by atomic mass is 19.4. The minimum Gasteiger partial charge on any atom is -0.321 e. The lowest BCUT2D eigenvalue weighted by Crippen LogP contribution is -2.18. The monoisotopic (exact) mass is 349 g/mol. The number of benzene rings is 1. The number of fused-ring (bicyclic) bond motifs is 1. The number of amides is 1. The van der Waals surface area contributed by atoms with Crippen LogP contribution >= 0.6 is 0 Å². The molecular formula is C16H14F3N5O. The van der Waals surface area contributed by atoms with Crippen LogP contribution in [0.2, 0.25) is 0 Å². The van der Waals surface area contributed by atoms with Crippen LogP contribution in [0.4, 0.5) is 18.9 Å². The topological polar surface area (TPSA) is 83.6 Å². The van der Waals surface area contributed by atoms with E-state index in [-0.39, 0.29) is 22.3 Å². The minimum atomic E-state index is -4.57. The Morgan fingerprint density at radius 3 is 2.44 bits per heavy atom. The van der Waals surface area contributed by atoms with Crippen LogP contribution in [0.1, 0.15) is 33.1 Å². The fourth-order valence-electron chi connectivity index (χ4n) is 2.48. The Hall–Kier alpha value is -2.97. The van der Waals surface area contributed by atoms with E-state index in [1.54, 1.807) is 20.8 Å². The Labute approximate surface area is 140 Å². The molecule has 3 aromatic rings. The van der Waals surface area contributed by atoms with Gasteiger partial charge in [0.15, 0.2) is 0 Å². The number of aryl methyl sites for hydroxylation is 3. The van der Waals surface area contributed by atoms with Gasteiger partial charge in [-0.15, -0.1) is 0 Å². The molecule has 0 saturated carbocycles. The number of carbonyl (C=O) groups is 1. The summed E-state index contributed by atoms with van der Waals surface area (Å²) in [5.41, 5.74) is 1.03. The number of nitrogens with one attached hydrogen (secondary N) is 2. The number of hydrogen-bond donors (Lipinski definition) is 2. The maximum atomic E-state index is 13.2. The molecule has 3 rings (SSSR count). The van der Waals surface area contributed by atoms with Gasteiger partial charge >= 0.3 is 6.18 Å². The largest absolute Gasteiger partial charge is 0.417 e. The lowest BCUT2D eigenvalue weighted by molar-refractivity contribution is -0.136. The lowest BCUT2D eigenvalue weighted by Gasteiger charge is -2.12. The molecule has 0 aliphatic carbocycles. The molecule has 2 heterocycles. The number of aromatic amines is 1. The Morgan fingerprint density at radius 2 is 1.76 bits per heavy atom. The lowest BCUT2D eigenvalue weighted by atomic mass is 10.1. The number of aromatic nitrogens is 4. The normalized spacial score (nSPS) is 11.8. The second-order valence-electron chi connectivity index (χ2n) is 5.64. The fraction of sp³-hybridized carbons (Fsp3) is 0.250. The Bertz CT molecular complexity index is 978. The molecule has 0 atom stereocenters. The van der Waals surface area contributed by atoms with Gasteiger partial charge in [-0.25, -0.2) is 4.98 Å². The van der Waals surface area contributed by atoms with Gasteiger partial charge in [-0.05, 0) is 32.9 Å². The van der Waals surface area contributed by atoms with E-state index in [4.69, 9.17) is 0 Å². The van der Waals surface area contributed by atoms with Crippen LogP contribution in [0.3, 0.4) is 0 Å². The van der Waals surface area contributed by atoms with Gasteiger partial charge in [-0.2, -0.15) is 18.3 Å². The molecule has 0 fully saturated rings. The average molecular weight is 349 g/mol. The summed E-state index contributed by atoms with van der Waals surface area (Å²) in [5.74, 6) is -0.625. The maximum absolute atomic E-state index is 13.2. The van der Waals surface area contributed by atoms with Gasteiger partial charge in [-0.1, -0.05) is 0 Å². The maximum Gasteiger partial charge on any atom is 0.417 e. The van der Waals surface area contributed by atoms with Crippen LogP contribution in [0.25, 0.3) is 10.9 Å². The van der Waals surface area contributed by atoms with Crippen LogP contribution in [0, 0.1) is 20.8 Å². The van der Waals surface area contributed by atoms with Crippen LogP contribution in [0.5, 0.6) is 0 Å². The number of nitrogens with zero attached hydrogens (tertiary/aromatic N) is 3. The molecule has 0 aliphatic rings. The summed E-state index contributed by atoms with van der Waals surface area (Å²) in [4.78, 5) is 20.8. The van der Waals surface area contributed by atoms with Gasteiger partial charge in [0, 0.05) is 11.1 Å². The summed E-state index contributed by atoms with van der Waals surface area (Å²) in [5, 5.41) is 8.50. The van der Waals surface area contributed by atoms with Crippen molar-refractivity contribution in [3.05, 3.63) is 46.7 Å². The quantitative estimate of drug-likeness (QED) is 0.741. The van der Waals surface area contributed by atoms with E-state index in [0.29, 0.717) is 17.1 Å². The highest BCUT2D eigenvalue weighted by molar-refractivity contribution is 6.04. The van der Waals surface area contributed by atoms with E-state index in [1.165, 1.54) is 6.07 Å². The van der Waals surface area contributed by atoms with Crippen molar-refractivity contribution in [1.82, 2.24) is 20.2 Å². The minimum absolute atomic E-state index is 0.00602. The Kier molecular flexibility index (Phi) is 3.94. The smallest absolute Gasteiger partial charge is 0.321 e. The van der Waals surface area contributed by atoms with Crippen molar-refractivity contribution < 1.29 is 18.0 Å². The summed E-state index contributed by atoms with van der Waals surface area (Å²) in [6.07, 6.45) is -3.47. The van der Waals surface area contributed by atoms with E-state index in [1.807, 2.05) is 0 Å². The van der Waals surface area contributed by atoms with Crippen LogP contribution in [-0.4, -0.2) is 26.1 Å². The molecule has 9 heteroatoms. The second kappa shape index (κ2) is 5.83. The van der Waals surface area contributed by atoms with Crippen molar-refractivity contribution in [2.75, 3.05) is 5.32 Å². The number of carbonyl (C=O) groups excluding carboxylic acids is 1. The Morgan fingerprint density at radius 1 is 1.08 bits per heavy atom. The highest BCUT2D eigenvalue weighted by Gasteiger charge is 2.33. The zero-order valence-corrected chi connectivity index (χ0v) is 13.6. The molecule has 0 aliphatic heterocycles. The predicted octanol–water partition coefficient (Wildman–Crippen LogP) is 3.55. The molecule has 25 heavy (non-hydrogen) atoms. The zero-order chi connectivity index (χ0) is 18.4. The van der Waals surface area contributed by atoms with Crippen LogP contribution < -0.4 is 5.32 Å². The van der Waals surface area contributed by atoms with E-state index in [2.05, 4.69) is 25.5 Å². The van der Waals surface area contributed by atoms with Crippen molar-refractivity contribution in [1.29, 1.82) is 0 Å². The van der Waals surface area contributed by atoms with Gasteiger partial charge in [-0.3, -0.25) is 14.9 Å². The number of rotatable bonds is 2. The summed E-state index contributed by atoms with van der Waals surface area (Å²) >= 11 is 0. The summed E-state index contributed by atoms with van der Waals surface area (Å²) < 4.78 is 39.7. The number of hydrogen-bond acceptors (Lipinski definition) is 4. The fourth-order valence-corrected chi connectivity index (χ4v) is 2.48. The highest BCUT2D eigenvalue weighted by Crippen LogP contribution is 2.36. The molecule has 6 nitrogen and oxygen atoms in total. The SMILES string of the molecule is Cc1nc(C)c(C(=O)Nc2cc(C(F)(F)F)c3cn[nH]c3c2)nc1C. The van der Waals surface area contributed by atoms with E-state index in [9.17, 15) is 18.0 Å². The number of halogens is 3. The van der Waals surface area contributed by atoms with Gasteiger partial charge in [0.25, 0.3) is 5.91 Å². The molecule has 0 bridgehead atoms. The summed E-state index contributed by atoms with van der Waals surface area (Å²) in [6.45, 7) is 5.09. The molecular weight excluding hydrogens is 335 g/mol. The third-order valence-corrected chi connectivity index (χ3v) is 3.82. The predicted molar refractivity (Wildman–Crippen MR) is 85.3 cm³/mol. The molecule has 1 amide bonds. The van der Waals surface area contributed by atoms with Gasteiger partial charge in [0.2, 0.25) is 0 Å². The first-order valence-electron chi connectivity index (χ1n) is 7.34. The van der Waals surface area contributed by atoms with Crippen molar-refractivity contribution in [3.8, 4) is 0 Å². The standard InChI is InChI=1S/C16H14F3N5O/c1-7-8(2)22-14(9(3)21-7)15(25)23-10-4-12(16(17,18)19)11-6-20-24-13(11)5-10/h4-6H,1-3H3,(H,20,24)(H,23,25). The van der Waals surface area contributed by atoms with Crippen molar-refractivity contribution in [2.45, 2.75) is 26.9 Å². The molecule has 2 N–H and O–H groups in total. The van der Waals surface area contributed by atoms with Crippen molar-refractivity contribution in [2.24, 2.45) is 0 Å². The van der Waals surface area contributed by atoms with Crippen molar-refractivity contribution in [3.63, 3.8) is 0 Å². The molecule has 0 unspecified atom stereocenters. The first kappa shape index (κ1) is 16.9. The molecule has 0 radical (unpaired) electrons. The Balaban J connectivity index is 2.01. The molecule has 1 aromatic carbocycles. The summed E-state index contributed by atoms with van der Waals surface area (Å²) in [6, 6.07) is 2.26. The number of H-pyrrole nitrogens is 1. The summed E-state index contributed by atoms with van der Waals surface area (Å²) in [7, 11) is 0. The number of anilines is 1. The first-order valence-corrected chi connectivity index (χ1v) is 7.34. The molecule has 0 spiro atoms. The molecule has 2 aromatic heterocycles. The third-order valence-electron chi connectivity index (χ3n) is 3.82. The second-order valence-corrected chi connectivity index (χ2v) is 5.64.